The summed E-state index contributed by atoms with van der Waals surface area (Å²) in [7, 11) is 0. The second-order valence-electron chi connectivity index (χ2n) is 4.57. The van der Waals surface area contributed by atoms with Crippen molar-refractivity contribution in [3.8, 4) is 0 Å². The van der Waals surface area contributed by atoms with E-state index in [0.29, 0.717) is 5.56 Å². The van der Waals surface area contributed by atoms with Crippen LogP contribution in [-0.4, -0.2) is 15.9 Å². The number of aromatic amines is 1. The molecule has 0 aliphatic carbocycles. The number of carbonyl (C=O) groups excluding carboxylic acids is 1. The highest BCUT2D eigenvalue weighted by Gasteiger charge is 2.09. The first-order chi connectivity index (χ1) is 9.63. The topological polar surface area (TPSA) is 57.8 Å². The predicted octanol–water partition coefficient (Wildman–Crippen LogP) is 3.89. The van der Waals surface area contributed by atoms with E-state index in [1.807, 2.05) is 31.2 Å². The summed E-state index contributed by atoms with van der Waals surface area (Å²) in [6, 6.07) is 11.2. The van der Waals surface area contributed by atoms with Gasteiger partial charge in [0, 0.05) is 10.0 Å². The molecule has 2 N–H and O–H groups in total. The van der Waals surface area contributed by atoms with E-state index in [4.69, 9.17) is 0 Å². The molecule has 1 amide bonds. The van der Waals surface area contributed by atoms with Crippen LogP contribution in [-0.2, 0) is 0 Å². The lowest BCUT2D eigenvalue weighted by atomic mass is 10.1. The molecule has 0 aliphatic rings. The lowest BCUT2D eigenvalue weighted by Crippen LogP contribution is -2.12. The maximum absolute atomic E-state index is 12.3. The van der Waals surface area contributed by atoms with Crippen molar-refractivity contribution < 1.29 is 4.79 Å². The molecule has 0 saturated heterocycles. The number of hydrogen-bond donors (Lipinski definition) is 2. The third-order valence-electron chi connectivity index (χ3n) is 3.06. The van der Waals surface area contributed by atoms with E-state index in [2.05, 4.69) is 31.2 Å². The number of imidazole rings is 1. The predicted molar refractivity (Wildman–Crippen MR) is 82.9 cm³/mol. The van der Waals surface area contributed by atoms with Gasteiger partial charge in [-0.2, -0.15) is 0 Å². The van der Waals surface area contributed by atoms with Crippen LogP contribution in [0.4, 0.5) is 5.69 Å². The summed E-state index contributed by atoms with van der Waals surface area (Å²) in [6.45, 7) is 2.00. The number of benzene rings is 2. The van der Waals surface area contributed by atoms with Crippen LogP contribution in [0, 0.1) is 6.92 Å². The van der Waals surface area contributed by atoms with Crippen LogP contribution in [0.5, 0.6) is 0 Å². The Kier molecular flexibility index (Phi) is 3.28. The fraction of sp³-hybridized carbons (Fsp3) is 0.0667. The minimum absolute atomic E-state index is 0.147. The summed E-state index contributed by atoms with van der Waals surface area (Å²) >= 11 is 3.45. The number of nitrogens with one attached hydrogen (secondary N) is 2. The Hall–Kier alpha value is -2.14. The second-order valence-corrected chi connectivity index (χ2v) is 5.43. The average molecular weight is 330 g/mol. The van der Waals surface area contributed by atoms with Crippen LogP contribution >= 0.6 is 15.9 Å². The monoisotopic (exact) mass is 329 g/mol. The molecule has 0 spiro atoms. The van der Waals surface area contributed by atoms with Crippen molar-refractivity contribution in [3.05, 3.63) is 58.3 Å². The SMILES string of the molecule is Cc1ccc(NC(=O)c2ccc3nc[nH]c3c2)c(Br)c1. The number of aromatic nitrogens is 2. The molecule has 1 aromatic heterocycles. The number of carbonyl (C=O) groups is 1. The molecule has 0 saturated carbocycles. The van der Waals surface area contributed by atoms with Crippen molar-refractivity contribution in [2.24, 2.45) is 0 Å². The van der Waals surface area contributed by atoms with Gasteiger partial charge in [0.05, 0.1) is 23.0 Å². The lowest BCUT2D eigenvalue weighted by molar-refractivity contribution is 0.102. The van der Waals surface area contributed by atoms with Crippen molar-refractivity contribution >= 4 is 38.6 Å². The Balaban J connectivity index is 1.88. The normalized spacial score (nSPS) is 10.7. The first-order valence-electron chi connectivity index (χ1n) is 6.14. The van der Waals surface area contributed by atoms with Crippen molar-refractivity contribution in [2.75, 3.05) is 5.32 Å². The summed E-state index contributed by atoms with van der Waals surface area (Å²) in [6.07, 6.45) is 1.61. The van der Waals surface area contributed by atoms with E-state index >= 15 is 0 Å². The number of nitrogens with zero attached hydrogens (tertiary/aromatic N) is 1. The highest BCUT2D eigenvalue weighted by Crippen LogP contribution is 2.24. The summed E-state index contributed by atoms with van der Waals surface area (Å²) in [5.41, 5.74) is 4.17. The van der Waals surface area contributed by atoms with E-state index < -0.39 is 0 Å². The number of halogens is 1. The zero-order valence-electron chi connectivity index (χ0n) is 10.8. The van der Waals surface area contributed by atoms with Crippen molar-refractivity contribution in [3.63, 3.8) is 0 Å². The van der Waals surface area contributed by atoms with Gasteiger partial charge >= 0.3 is 0 Å². The van der Waals surface area contributed by atoms with Gasteiger partial charge in [0.1, 0.15) is 0 Å². The maximum atomic E-state index is 12.3. The number of H-pyrrole nitrogens is 1. The third-order valence-corrected chi connectivity index (χ3v) is 3.71. The number of anilines is 1. The number of hydrogen-bond acceptors (Lipinski definition) is 2. The molecule has 4 nitrogen and oxygen atoms in total. The highest BCUT2D eigenvalue weighted by atomic mass is 79.9. The summed E-state index contributed by atoms with van der Waals surface area (Å²) in [5, 5.41) is 2.89. The molecule has 100 valence electrons. The number of aryl methyl sites for hydroxylation is 1. The van der Waals surface area contributed by atoms with Gasteiger partial charge in [0.25, 0.3) is 5.91 Å². The molecule has 0 aliphatic heterocycles. The largest absolute Gasteiger partial charge is 0.345 e. The first kappa shape index (κ1) is 12.9. The smallest absolute Gasteiger partial charge is 0.255 e. The van der Waals surface area contributed by atoms with Gasteiger partial charge in [0.2, 0.25) is 0 Å². The molecule has 0 bridgehead atoms. The van der Waals surface area contributed by atoms with Gasteiger partial charge in [-0.05, 0) is 58.7 Å². The Bertz CT molecular complexity index is 795. The van der Waals surface area contributed by atoms with Crippen molar-refractivity contribution in [1.82, 2.24) is 9.97 Å². The highest BCUT2D eigenvalue weighted by molar-refractivity contribution is 9.10. The van der Waals surface area contributed by atoms with Gasteiger partial charge in [-0.3, -0.25) is 4.79 Å². The van der Waals surface area contributed by atoms with Gasteiger partial charge in [-0.1, -0.05) is 6.07 Å². The minimum atomic E-state index is -0.147. The third kappa shape index (κ3) is 2.44. The molecule has 3 rings (SSSR count). The Morgan fingerprint density at radius 1 is 1.25 bits per heavy atom. The van der Waals surface area contributed by atoms with Crippen LogP contribution in [0.3, 0.4) is 0 Å². The zero-order chi connectivity index (χ0) is 14.1. The van der Waals surface area contributed by atoms with Gasteiger partial charge in [-0.25, -0.2) is 4.98 Å². The molecule has 20 heavy (non-hydrogen) atoms. The summed E-state index contributed by atoms with van der Waals surface area (Å²) in [5.74, 6) is -0.147. The van der Waals surface area contributed by atoms with E-state index in [9.17, 15) is 4.79 Å². The molecule has 1 heterocycles. The molecule has 0 unspecified atom stereocenters. The van der Waals surface area contributed by atoms with Gasteiger partial charge in [0.15, 0.2) is 0 Å². The van der Waals surface area contributed by atoms with Crippen LogP contribution in [0.2, 0.25) is 0 Å². The molecule has 3 aromatic rings. The minimum Gasteiger partial charge on any atom is -0.345 e. The van der Waals surface area contributed by atoms with E-state index in [-0.39, 0.29) is 5.91 Å². The van der Waals surface area contributed by atoms with Crippen molar-refractivity contribution in [1.29, 1.82) is 0 Å². The molecule has 0 radical (unpaired) electrons. The fourth-order valence-electron chi connectivity index (χ4n) is 1.99. The average Bonchev–Trinajstić information content (AvgIpc) is 2.89. The summed E-state index contributed by atoms with van der Waals surface area (Å²) < 4.78 is 0.869. The molecule has 2 aromatic carbocycles. The van der Waals surface area contributed by atoms with Crippen LogP contribution < -0.4 is 5.32 Å². The number of fused-ring (bicyclic) bond motifs is 1. The number of amides is 1. The van der Waals surface area contributed by atoms with Gasteiger partial charge < -0.3 is 10.3 Å². The van der Waals surface area contributed by atoms with Crippen LogP contribution in [0.15, 0.2) is 47.2 Å². The number of rotatable bonds is 2. The van der Waals surface area contributed by atoms with E-state index in [1.54, 1.807) is 18.5 Å². The molecule has 5 heteroatoms. The lowest BCUT2D eigenvalue weighted by Gasteiger charge is -2.08. The van der Waals surface area contributed by atoms with E-state index in [1.165, 1.54) is 0 Å². The first-order valence-corrected chi connectivity index (χ1v) is 6.93. The van der Waals surface area contributed by atoms with Crippen LogP contribution in [0.25, 0.3) is 11.0 Å². The summed E-state index contributed by atoms with van der Waals surface area (Å²) in [4.78, 5) is 19.4. The zero-order valence-corrected chi connectivity index (χ0v) is 12.4. The molecule has 0 fully saturated rings. The Morgan fingerprint density at radius 3 is 2.90 bits per heavy atom. The quantitative estimate of drug-likeness (QED) is 0.749. The Morgan fingerprint density at radius 2 is 2.10 bits per heavy atom. The molecular weight excluding hydrogens is 318 g/mol. The van der Waals surface area contributed by atoms with Gasteiger partial charge in [-0.15, -0.1) is 0 Å². The standard InChI is InChI=1S/C15H12BrN3O/c1-9-2-4-12(11(16)6-9)19-15(20)10-3-5-13-14(7-10)18-8-17-13/h2-8H,1H3,(H,17,18)(H,19,20). The molecular formula is C15H12BrN3O. The van der Waals surface area contributed by atoms with E-state index in [0.717, 1.165) is 26.8 Å². The Labute approximate surface area is 124 Å². The second kappa shape index (κ2) is 5.09. The maximum Gasteiger partial charge on any atom is 0.255 e. The molecule has 0 atom stereocenters. The van der Waals surface area contributed by atoms with Crippen molar-refractivity contribution in [2.45, 2.75) is 6.92 Å². The fourth-order valence-corrected chi connectivity index (χ4v) is 2.59. The van der Waals surface area contributed by atoms with Crippen LogP contribution in [0.1, 0.15) is 15.9 Å².